The van der Waals surface area contributed by atoms with Crippen LogP contribution in [-0.2, 0) is 16.0 Å². The van der Waals surface area contributed by atoms with Crippen LogP contribution in [0.2, 0.25) is 0 Å². The van der Waals surface area contributed by atoms with E-state index in [9.17, 15) is 35.1 Å². The van der Waals surface area contributed by atoms with Gasteiger partial charge >= 0.3 is 0 Å². The summed E-state index contributed by atoms with van der Waals surface area (Å²) in [6.45, 7) is 1.22. The number of nitrogens with two attached hydrogens (primary N) is 1. The van der Waals surface area contributed by atoms with Crippen LogP contribution in [0.25, 0.3) is 6.08 Å². The number of benzene rings is 2. The highest BCUT2D eigenvalue weighted by atomic mass is 32.2. The van der Waals surface area contributed by atoms with E-state index in [1.54, 1.807) is 18.2 Å². The summed E-state index contributed by atoms with van der Waals surface area (Å²) >= 11 is 1.02. The molecule has 1 heterocycles. The van der Waals surface area contributed by atoms with Crippen molar-refractivity contribution in [3.63, 3.8) is 0 Å². The third kappa shape index (κ3) is 7.70. The molecule has 0 aliphatic carbocycles. The summed E-state index contributed by atoms with van der Waals surface area (Å²) in [4.78, 5) is 22.4. The van der Waals surface area contributed by atoms with Crippen LogP contribution in [0.3, 0.4) is 0 Å². The topological polar surface area (TPSA) is 183 Å². The number of carbonyl (C=O) groups excluding carboxylic acids is 2. The van der Waals surface area contributed by atoms with Crippen molar-refractivity contribution in [2.75, 3.05) is 13.2 Å². The molecular formula is C26H32N2O8S. The zero-order valence-corrected chi connectivity index (χ0v) is 21.1. The van der Waals surface area contributed by atoms with Gasteiger partial charge in [0.2, 0.25) is 11.8 Å². The van der Waals surface area contributed by atoms with Crippen molar-refractivity contribution in [2.45, 2.75) is 48.8 Å². The van der Waals surface area contributed by atoms with E-state index >= 15 is 0 Å². The average Bonchev–Trinajstić information content (AvgIpc) is 2.86. The monoisotopic (exact) mass is 532 g/mol. The lowest BCUT2D eigenvalue weighted by atomic mass is 9.98. The number of aliphatic hydroxyl groups excluding tert-OH is 4. The number of aryl methyl sites for hydroxylation is 1. The van der Waals surface area contributed by atoms with Crippen LogP contribution in [-0.4, -0.2) is 79.5 Å². The van der Waals surface area contributed by atoms with E-state index in [2.05, 4.69) is 5.32 Å². The zero-order valence-electron chi connectivity index (χ0n) is 20.3. The standard InChI is InChI=1S/C26H32N2O8S/c1-14-9-17(30)11-19(36-26-25(35)24(34)23(33)20(13-29)37-26)18(14)10-16-7-5-15(6-8-16)3-2-4-22(32)28-12-21(27)31/h2-3,5-9,11,20,23-26,29-30,33-35H,4,10,12-13H2,1H3,(H2,27,31)(H,28,32)/b3-2+/t20-,23-,24+,25-,26-/m1/s1. The quantitative estimate of drug-likeness (QED) is 0.225. The highest BCUT2D eigenvalue weighted by molar-refractivity contribution is 8.00. The molecule has 5 atom stereocenters. The fourth-order valence-corrected chi connectivity index (χ4v) is 5.13. The molecule has 0 radical (unpaired) electrons. The Balaban J connectivity index is 1.71. The summed E-state index contributed by atoms with van der Waals surface area (Å²) in [7, 11) is 0. The number of aromatic hydroxyl groups is 1. The van der Waals surface area contributed by atoms with Crippen molar-refractivity contribution < 1.29 is 39.9 Å². The molecule has 1 saturated heterocycles. The molecule has 1 aliphatic rings. The molecule has 0 saturated carbocycles. The first kappa shape index (κ1) is 28.5. The van der Waals surface area contributed by atoms with Crippen LogP contribution in [0.4, 0.5) is 0 Å². The molecule has 2 aromatic carbocycles. The van der Waals surface area contributed by atoms with Gasteiger partial charge in [-0.1, -0.05) is 36.4 Å². The Labute approximate surface area is 218 Å². The summed E-state index contributed by atoms with van der Waals surface area (Å²) in [6, 6.07) is 10.6. The van der Waals surface area contributed by atoms with Crippen molar-refractivity contribution >= 4 is 29.7 Å². The SMILES string of the molecule is Cc1cc(O)cc(O[C@@H]2S[C@H](CO)[C@@H](O)[C@H](O)[C@H]2O)c1Cc1ccc(/C=C/CC(=O)NCC(N)=O)cc1. The Kier molecular flexibility index (Phi) is 9.95. The Hall–Kier alpha value is -3.09. The average molecular weight is 533 g/mol. The second-order valence-electron chi connectivity index (χ2n) is 8.82. The first-order chi connectivity index (χ1) is 17.6. The summed E-state index contributed by atoms with van der Waals surface area (Å²) in [5.74, 6) is -0.619. The Morgan fingerprint density at radius 3 is 2.46 bits per heavy atom. The minimum absolute atomic E-state index is 0.0220. The van der Waals surface area contributed by atoms with E-state index in [0.29, 0.717) is 12.2 Å². The number of hydrogen-bond donors (Lipinski definition) is 7. The summed E-state index contributed by atoms with van der Waals surface area (Å²) in [5, 5.41) is 52.0. The van der Waals surface area contributed by atoms with E-state index in [-0.39, 0.29) is 24.6 Å². The highest BCUT2D eigenvalue weighted by Gasteiger charge is 2.44. The van der Waals surface area contributed by atoms with Gasteiger partial charge in [-0.3, -0.25) is 9.59 Å². The van der Waals surface area contributed by atoms with E-state index in [0.717, 1.165) is 34.0 Å². The molecule has 8 N–H and O–H groups in total. The first-order valence-electron chi connectivity index (χ1n) is 11.7. The van der Waals surface area contributed by atoms with Gasteiger partial charge in [0.1, 0.15) is 23.7 Å². The molecule has 0 aromatic heterocycles. The molecule has 2 amide bonds. The number of amides is 2. The van der Waals surface area contributed by atoms with E-state index < -0.39 is 41.5 Å². The van der Waals surface area contributed by atoms with Crippen LogP contribution < -0.4 is 15.8 Å². The number of hydrogen-bond acceptors (Lipinski definition) is 9. The number of rotatable bonds is 10. The Bertz CT molecular complexity index is 1120. The minimum atomic E-state index is -1.49. The third-order valence-corrected chi connectivity index (χ3v) is 7.36. The van der Waals surface area contributed by atoms with E-state index in [1.165, 1.54) is 6.07 Å². The maximum atomic E-state index is 11.7. The number of thioether (sulfide) groups is 1. The second kappa shape index (κ2) is 12.9. The summed E-state index contributed by atoms with van der Waals surface area (Å²) < 4.78 is 6.01. The molecular weight excluding hydrogens is 500 g/mol. The predicted octanol–water partition coefficient (Wildman–Crippen LogP) is 0.192. The molecule has 1 fully saturated rings. The number of nitrogens with one attached hydrogen (secondary N) is 1. The molecule has 0 bridgehead atoms. The van der Waals surface area contributed by atoms with Crippen molar-refractivity contribution in [3.05, 3.63) is 64.7 Å². The summed E-state index contributed by atoms with van der Waals surface area (Å²) in [5.41, 5.74) is 7.36. The maximum Gasteiger partial charge on any atom is 0.236 e. The van der Waals surface area contributed by atoms with Gasteiger partial charge in [0.15, 0.2) is 5.44 Å². The lowest BCUT2D eigenvalue weighted by molar-refractivity contribution is -0.124. The number of ether oxygens (including phenoxy) is 1. The van der Waals surface area contributed by atoms with Gasteiger partial charge in [0.25, 0.3) is 0 Å². The van der Waals surface area contributed by atoms with Gasteiger partial charge in [-0.05, 0) is 29.7 Å². The van der Waals surface area contributed by atoms with Gasteiger partial charge in [-0.25, -0.2) is 0 Å². The molecule has 0 spiro atoms. The van der Waals surface area contributed by atoms with E-state index in [1.807, 2.05) is 31.2 Å². The molecule has 2 aromatic rings. The lowest BCUT2D eigenvalue weighted by Crippen LogP contribution is -2.55. The van der Waals surface area contributed by atoms with Crippen molar-refractivity contribution in [1.29, 1.82) is 0 Å². The van der Waals surface area contributed by atoms with Gasteiger partial charge in [-0.15, -0.1) is 11.8 Å². The number of aliphatic hydroxyl groups is 4. The van der Waals surface area contributed by atoms with Crippen LogP contribution in [0.5, 0.6) is 11.5 Å². The van der Waals surface area contributed by atoms with Gasteiger partial charge < -0.3 is 41.3 Å². The second-order valence-corrected chi connectivity index (χ2v) is 10.2. The molecule has 11 heteroatoms. The van der Waals surface area contributed by atoms with Crippen molar-refractivity contribution in [2.24, 2.45) is 5.73 Å². The minimum Gasteiger partial charge on any atom is -0.508 e. The molecule has 10 nitrogen and oxygen atoms in total. The first-order valence-corrected chi connectivity index (χ1v) is 12.6. The third-order valence-electron chi connectivity index (χ3n) is 5.94. The molecule has 37 heavy (non-hydrogen) atoms. The number of phenolic OH excluding ortho intramolecular Hbond substituents is 1. The number of carbonyl (C=O) groups is 2. The van der Waals surface area contributed by atoms with Crippen LogP contribution >= 0.6 is 11.8 Å². The molecule has 3 rings (SSSR count). The van der Waals surface area contributed by atoms with Crippen molar-refractivity contribution in [3.8, 4) is 11.5 Å². The normalized spacial score (nSPS) is 23.6. The van der Waals surface area contributed by atoms with Gasteiger partial charge in [0.05, 0.1) is 24.5 Å². The lowest BCUT2D eigenvalue weighted by Gasteiger charge is -2.39. The molecule has 0 unspecified atom stereocenters. The Morgan fingerprint density at radius 1 is 1.11 bits per heavy atom. The van der Waals surface area contributed by atoms with E-state index in [4.69, 9.17) is 10.5 Å². The van der Waals surface area contributed by atoms with Gasteiger partial charge in [0, 0.05) is 24.5 Å². The van der Waals surface area contributed by atoms with Crippen LogP contribution in [0.15, 0.2) is 42.5 Å². The maximum absolute atomic E-state index is 11.7. The molecule has 200 valence electrons. The highest BCUT2D eigenvalue weighted by Crippen LogP contribution is 2.37. The predicted molar refractivity (Wildman–Crippen MR) is 139 cm³/mol. The van der Waals surface area contributed by atoms with Gasteiger partial charge in [-0.2, -0.15) is 0 Å². The largest absolute Gasteiger partial charge is 0.508 e. The summed E-state index contributed by atoms with van der Waals surface area (Å²) in [6.07, 6.45) is -0.166. The number of primary amides is 1. The van der Waals surface area contributed by atoms with Crippen molar-refractivity contribution in [1.82, 2.24) is 5.32 Å². The van der Waals surface area contributed by atoms with Crippen LogP contribution in [0.1, 0.15) is 28.7 Å². The van der Waals surface area contributed by atoms with Crippen LogP contribution in [0, 0.1) is 6.92 Å². The number of phenols is 1. The Morgan fingerprint density at radius 2 is 1.81 bits per heavy atom. The fourth-order valence-electron chi connectivity index (χ4n) is 3.90. The zero-order chi connectivity index (χ0) is 27.1. The fraction of sp³-hybridized carbons (Fsp3) is 0.385. The smallest absolute Gasteiger partial charge is 0.236 e. The molecule has 1 aliphatic heterocycles.